The molecule has 2 N–H and O–H groups in total. The Morgan fingerprint density at radius 2 is 2.00 bits per heavy atom. The van der Waals surface area contributed by atoms with E-state index in [2.05, 4.69) is 0 Å². The van der Waals surface area contributed by atoms with Crippen molar-refractivity contribution in [2.75, 3.05) is 0 Å². The van der Waals surface area contributed by atoms with Gasteiger partial charge < -0.3 is 15.0 Å². The maximum absolute atomic E-state index is 10.1. The molecule has 70 valence electrons. The van der Waals surface area contributed by atoms with Gasteiger partial charge in [-0.25, -0.2) is 0 Å². The van der Waals surface area contributed by atoms with Crippen LogP contribution in [-0.2, 0) is 11.2 Å². The van der Waals surface area contributed by atoms with Gasteiger partial charge in [0.15, 0.2) is 0 Å². The second-order valence-corrected chi connectivity index (χ2v) is 2.97. The molecule has 0 radical (unpaired) electrons. The quantitative estimate of drug-likeness (QED) is 0.548. The van der Waals surface area contributed by atoms with Crippen molar-refractivity contribution in [3.63, 3.8) is 0 Å². The van der Waals surface area contributed by atoms with Gasteiger partial charge in [0, 0.05) is 6.42 Å². The summed E-state index contributed by atoms with van der Waals surface area (Å²) in [6.07, 6.45) is 1.61. The van der Waals surface area contributed by atoms with Gasteiger partial charge >= 0.3 is 0 Å². The van der Waals surface area contributed by atoms with Gasteiger partial charge in [0.1, 0.15) is 17.8 Å². The number of phenols is 2. The van der Waals surface area contributed by atoms with Gasteiger partial charge in [0.05, 0.1) is 0 Å². The molecule has 0 aliphatic rings. The van der Waals surface area contributed by atoms with Gasteiger partial charge in [-0.2, -0.15) is 0 Å². The van der Waals surface area contributed by atoms with Gasteiger partial charge in [-0.15, -0.1) is 0 Å². The molecule has 0 aromatic heterocycles. The Bertz CT molecular complexity index is 318. The minimum absolute atomic E-state index is 0.136. The molecule has 13 heavy (non-hydrogen) atoms. The third-order valence-electron chi connectivity index (χ3n) is 1.93. The third kappa shape index (κ3) is 2.21. The molecule has 0 atom stereocenters. The predicted molar refractivity (Wildman–Crippen MR) is 48.9 cm³/mol. The van der Waals surface area contributed by atoms with Crippen LogP contribution >= 0.6 is 0 Å². The van der Waals surface area contributed by atoms with Crippen LogP contribution in [0.4, 0.5) is 0 Å². The smallest absolute Gasteiger partial charge is 0.120 e. The Kier molecular flexibility index (Phi) is 2.90. The highest BCUT2D eigenvalue weighted by atomic mass is 16.3. The fourth-order valence-corrected chi connectivity index (χ4v) is 1.14. The van der Waals surface area contributed by atoms with Crippen LogP contribution in [0.1, 0.15) is 17.5 Å². The van der Waals surface area contributed by atoms with E-state index in [-0.39, 0.29) is 11.5 Å². The van der Waals surface area contributed by atoms with Gasteiger partial charge in [-0.1, -0.05) is 0 Å². The van der Waals surface area contributed by atoms with Crippen LogP contribution in [0.25, 0.3) is 0 Å². The zero-order chi connectivity index (χ0) is 9.84. The van der Waals surface area contributed by atoms with Crippen LogP contribution in [0.5, 0.6) is 11.5 Å². The lowest BCUT2D eigenvalue weighted by Crippen LogP contribution is -1.88. The van der Waals surface area contributed by atoms with E-state index in [1.807, 2.05) is 0 Å². The first kappa shape index (κ1) is 9.58. The normalized spacial score (nSPS) is 9.92. The fraction of sp³-hybridized carbons (Fsp3) is 0.300. The van der Waals surface area contributed by atoms with Crippen LogP contribution in [0.3, 0.4) is 0 Å². The number of aryl methyl sites for hydroxylation is 2. The lowest BCUT2D eigenvalue weighted by Gasteiger charge is -2.05. The first-order valence-corrected chi connectivity index (χ1v) is 4.10. The van der Waals surface area contributed by atoms with Crippen LogP contribution < -0.4 is 0 Å². The molecule has 1 aromatic rings. The van der Waals surface area contributed by atoms with Crippen molar-refractivity contribution in [3.05, 3.63) is 23.3 Å². The molecule has 3 nitrogen and oxygen atoms in total. The molecular weight excluding hydrogens is 168 g/mol. The summed E-state index contributed by atoms with van der Waals surface area (Å²) in [6.45, 7) is 1.71. The van der Waals surface area contributed by atoms with Gasteiger partial charge in [0.25, 0.3) is 0 Å². The summed E-state index contributed by atoms with van der Waals surface area (Å²) in [5, 5.41) is 18.7. The Balaban J connectivity index is 2.94. The van der Waals surface area contributed by atoms with Crippen molar-refractivity contribution in [1.29, 1.82) is 0 Å². The Morgan fingerprint density at radius 3 is 2.62 bits per heavy atom. The molecule has 3 heteroatoms. The highest BCUT2D eigenvalue weighted by molar-refractivity contribution is 5.52. The number of carbonyl (C=O) groups excluding carboxylic acids is 1. The van der Waals surface area contributed by atoms with Crippen LogP contribution in [0, 0.1) is 6.92 Å². The van der Waals surface area contributed by atoms with Gasteiger partial charge in [-0.3, -0.25) is 0 Å². The Labute approximate surface area is 76.6 Å². The SMILES string of the molecule is Cc1cc(O)c(CCC=O)cc1O. The van der Waals surface area contributed by atoms with E-state index in [0.29, 0.717) is 24.0 Å². The van der Waals surface area contributed by atoms with Crippen molar-refractivity contribution < 1.29 is 15.0 Å². The van der Waals surface area contributed by atoms with Crippen molar-refractivity contribution in [2.45, 2.75) is 19.8 Å². The Hall–Kier alpha value is -1.51. The first-order chi connectivity index (χ1) is 6.15. The third-order valence-corrected chi connectivity index (χ3v) is 1.93. The lowest BCUT2D eigenvalue weighted by molar-refractivity contribution is -0.107. The van der Waals surface area contributed by atoms with Gasteiger partial charge in [0.2, 0.25) is 0 Å². The Morgan fingerprint density at radius 1 is 1.31 bits per heavy atom. The van der Waals surface area contributed by atoms with E-state index in [0.717, 1.165) is 6.29 Å². The summed E-state index contributed by atoms with van der Waals surface area (Å²) in [4.78, 5) is 10.1. The minimum Gasteiger partial charge on any atom is -0.508 e. The van der Waals surface area contributed by atoms with Crippen molar-refractivity contribution in [1.82, 2.24) is 0 Å². The van der Waals surface area contributed by atoms with E-state index in [1.54, 1.807) is 6.92 Å². The van der Waals surface area contributed by atoms with E-state index < -0.39 is 0 Å². The average Bonchev–Trinajstić information content (AvgIpc) is 2.09. The van der Waals surface area contributed by atoms with E-state index >= 15 is 0 Å². The molecule has 1 rings (SSSR count). The summed E-state index contributed by atoms with van der Waals surface area (Å²) in [5.41, 5.74) is 1.24. The van der Waals surface area contributed by atoms with Crippen molar-refractivity contribution in [2.24, 2.45) is 0 Å². The maximum Gasteiger partial charge on any atom is 0.120 e. The summed E-state index contributed by atoms with van der Waals surface area (Å²) in [6, 6.07) is 2.99. The molecule has 0 unspecified atom stereocenters. The number of aldehydes is 1. The van der Waals surface area contributed by atoms with E-state index in [9.17, 15) is 15.0 Å². The number of rotatable bonds is 3. The summed E-state index contributed by atoms with van der Waals surface area (Å²) in [7, 11) is 0. The number of hydrogen-bond donors (Lipinski definition) is 2. The molecule has 0 amide bonds. The number of phenolic OH excluding ortho intramolecular Hbond substituents is 2. The number of hydrogen-bond acceptors (Lipinski definition) is 3. The average molecular weight is 180 g/mol. The van der Waals surface area contributed by atoms with Crippen LogP contribution in [0.2, 0.25) is 0 Å². The minimum atomic E-state index is 0.136. The predicted octanol–water partition coefficient (Wildman–Crippen LogP) is 1.54. The highest BCUT2D eigenvalue weighted by Crippen LogP contribution is 2.27. The highest BCUT2D eigenvalue weighted by Gasteiger charge is 2.04. The van der Waals surface area contributed by atoms with Gasteiger partial charge in [-0.05, 0) is 36.6 Å². The van der Waals surface area contributed by atoms with Crippen LogP contribution in [-0.4, -0.2) is 16.5 Å². The second-order valence-electron chi connectivity index (χ2n) is 2.97. The monoisotopic (exact) mass is 180 g/mol. The number of aromatic hydroxyl groups is 2. The molecule has 0 heterocycles. The van der Waals surface area contributed by atoms with Crippen molar-refractivity contribution in [3.8, 4) is 11.5 Å². The standard InChI is InChI=1S/C10H12O3/c1-7-5-10(13)8(3-2-4-11)6-9(7)12/h4-6,12-13H,2-3H2,1H3. The molecule has 0 saturated heterocycles. The molecule has 0 saturated carbocycles. The first-order valence-electron chi connectivity index (χ1n) is 4.10. The molecule has 0 bridgehead atoms. The molecule has 0 aliphatic heterocycles. The largest absolute Gasteiger partial charge is 0.508 e. The summed E-state index contributed by atoms with van der Waals surface area (Å²) < 4.78 is 0. The molecule has 0 aliphatic carbocycles. The maximum atomic E-state index is 10.1. The molecule has 0 spiro atoms. The van der Waals surface area contributed by atoms with E-state index in [4.69, 9.17) is 0 Å². The zero-order valence-electron chi connectivity index (χ0n) is 7.45. The zero-order valence-corrected chi connectivity index (χ0v) is 7.45. The second kappa shape index (κ2) is 3.94. The summed E-state index contributed by atoms with van der Waals surface area (Å²) >= 11 is 0. The summed E-state index contributed by atoms with van der Waals surface area (Å²) in [5.74, 6) is 0.288. The fourth-order valence-electron chi connectivity index (χ4n) is 1.14. The molecule has 1 aromatic carbocycles. The number of carbonyl (C=O) groups is 1. The number of benzene rings is 1. The van der Waals surface area contributed by atoms with E-state index in [1.165, 1.54) is 12.1 Å². The molecule has 0 fully saturated rings. The molecular formula is C10H12O3. The topological polar surface area (TPSA) is 57.5 Å². The van der Waals surface area contributed by atoms with Crippen LogP contribution in [0.15, 0.2) is 12.1 Å². The van der Waals surface area contributed by atoms with Crippen molar-refractivity contribution >= 4 is 6.29 Å². The lowest BCUT2D eigenvalue weighted by atomic mass is 10.1.